The number of aliphatic carboxylic acids is 1. The number of para-hydroxylation sites is 1. The van der Waals surface area contributed by atoms with E-state index < -0.39 is 5.97 Å². The number of hydrogen-bond donors (Lipinski definition) is 1. The summed E-state index contributed by atoms with van der Waals surface area (Å²) >= 11 is 1.70. The molecule has 6 heteroatoms. The van der Waals surface area contributed by atoms with Gasteiger partial charge in [-0.15, -0.1) is 0 Å². The zero-order chi connectivity index (χ0) is 24.6. The maximum atomic E-state index is 11.2. The average molecular weight is 498 g/mol. The summed E-state index contributed by atoms with van der Waals surface area (Å²) < 4.78 is 8.65. The predicted octanol–water partition coefficient (Wildman–Crippen LogP) is 6.63. The van der Waals surface area contributed by atoms with Crippen LogP contribution in [-0.4, -0.2) is 24.2 Å². The second kappa shape index (κ2) is 9.43. The van der Waals surface area contributed by atoms with Gasteiger partial charge in [0.2, 0.25) is 5.52 Å². The number of carboxylic acid groups (broad SMARTS) is 1. The Morgan fingerprint density at radius 2 is 1.94 bits per heavy atom. The summed E-state index contributed by atoms with van der Waals surface area (Å²) in [5.74, 6) is 0.655. The minimum absolute atomic E-state index is 0.106. The van der Waals surface area contributed by atoms with Gasteiger partial charge in [-0.1, -0.05) is 36.0 Å². The number of benzene rings is 3. The van der Waals surface area contributed by atoms with Gasteiger partial charge in [-0.2, -0.15) is 4.57 Å². The van der Waals surface area contributed by atoms with Crippen LogP contribution in [0.25, 0.3) is 22.4 Å². The van der Waals surface area contributed by atoms with Gasteiger partial charge < -0.3 is 14.7 Å². The third-order valence-electron chi connectivity index (χ3n) is 7.48. The SMILES string of the molecule is COc1ccc(N2c3ccc(/C=C/c4sc5ccccc5[n+]4CCC(=O)O)cc3C3CCCC32)cc1. The molecule has 0 amide bonds. The summed E-state index contributed by atoms with van der Waals surface area (Å²) in [7, 11) is 1.70. The molecule has 0 bridgehead atoms. The monoisotopic (exact) mass is 497 g/mol. The first-order valence-corrected chi connectivity index (χ1v) is 13.3. The molecule has 2 aliphatic rings. The third-order valence-corrected chi connectivity index (χ3v) is 8.61. The molecule has 0 spiro atoms. The number of ether oxygens (including phenoxy) is 1. The summed E-state index contributed by atoms with van der Waals surface area (Å²) in [6.07, 6.45) is 8.10. The standard InChI is InChI=1S/C30H28N2O3S/c1-35-22-13-11-21(12-14-22)32-25-7-4-5-23(25)24-19-20(9-15-26(24)32)10-16-29-31(18-17-30(33)34)27-6-2-3-8-28(27)36-29/h2-3,6,8-16,19,23,25H,4-5,7,17-18H2,1H3/p+1. The largest absolute Gasteiger partial charge is 0.497 e. The molecule has 1 saturated carbocycles. The number of aryl methyl sites for hydroxylation is 1. The fourth-order valence-corrected chi connectivity index (χ4v) is 6.93. The highest BCUT2D eigenvalue weighted by Crippen LogP contribution is 2.52. The van der Waals surface area contributed by atoms with Crippen molar-refractivity contribution in [2.24, 2.45) is 0 Å². The van der Waals surface area contributed by atoms with E-state index in [1.54, 1.807) is 18.4 Å². The fourth-order valence-electron chi connectivity index (χ4n) is 5.84. The van der Waals surface area contributed by atoms with E-state index in [2.05, 4.69) is 64.1 Å². The highest BCUT2D eigenvalue weighted by atomic mass is 32.1. The van der Waals surface area contributed by atoms with Crippen molar-refractivity contribution >= 4 is 51.0 Å². The number of carboxylic acids is 1. The summed E-state index contributed by atoms with van der Waals surface area (Å²) in [6.45, 7) is 0.462. The van der Waals surface area contributed by atoms with Gasteiger partial charge in [0.15, 0.2) is 6.54 Å². The van der Waals surface area contributed by atoms with Crippen LogP contribution in [0, 0.1) is 0 Å². The highest BCUT2D eigenvalue weighted by molar-refractivity contribution is 7.18. The molecule has 2 unspecified atom stereocenters. The summed E-state index contributed by atoms with van der Waals surface area (Å²) in [6, 6.07) is 23.9. The van der Waals surface area contributed by atoms with Crippen molar-refractivity contribution in [1.29, 1.82) is 0 Å². The lowest BCUT2D eigenvalue weighted by atomic mass is 9.96. The number of nitrogens with zero attached hydrogens (tertiary/aromatic N) is 2. The Balaban J connectivity index is 1.33. The molecule has 4 aromatic rings. The van der Waals surface area contributed by atoms with Gasteiger partial charge in [-0.25, -0.2) is 0 Å². The molecule has 6 rings (SSSR count). The van der Waals surface area contributed by atoms with Crippen LogP contribution >= 0.6 is 11.3 Å². The zero-order valence-electron chi connectivity index (χ0n) is 20.3. The molecule has 3 aromatic carbocycles. The molecule has 1 aromatic heterocycles. The van der Waals surface area contributed by atoms with Gasteiger partial charge in [0, 0.05) is 35.5 Å². The summed E-state index contributed by atoms with van der Waals surface area (Å²) in [5, 5.41) is 10.3. The smallest absolute Gasteiger partial charge is 0.309 e. The van der Waals surface area contributed by atoms with Crippen molar-refractivity contribution in [2.75, 3.05) is 12.0 Å². The molecule has 0 saturated heterocycles. The van der Waals surface area contributed by atoms with E-state index in [-0.39, 0.29) is 6.42 Å². The molecule has 1 aliphatic heterocycles. The minimum atomic E-state index is -0.779. The average Bonchev–Trinajstić information content (AvgIpc) is 3.59. The Bertz CT molecular complexity index is 1460. The number of anilines is 2. The maximum Gasteiger partial charge on any atom is 0.309 e. The number of fused-ring (bicyclic) bond motifs is 4. The lowest BCUT2D eigenvalue weighted by Crippen LogP contribution is -2.36. The van der Waals surface area contributed by atoms with Crippen LogP contribution in [0.1, 0.15) is 47.7 Å². The van der Waals surface area contributed by atoms with Crippen molar-refractivity contribution < 1.29 is 19.2 Å². The van der Waals surface area contributed by atoms with E-state index in [1.165, 1.54) is 46.5 Å². The number of thiazole rings is 1. The maximum absolute atomic E-state index is 11.2. The molecule has 0 radical (unpaired) electrons. The lowest BCUT2D eigenvalue weighted by molar-refractivity contribution is -0.667. The zero-order valence-corrected chi connectivity index (χ0v) is 21.1. The van der Waals surface area contributed by atoms with Crippen LogP contribution in [0.5, 0.6) is 5.75 Å². The highest BCUT2D eigenvalue weighted by Gasteiger charge is 2.42. The quantitative estimate of drug-likeness (QED) is 0.291. The molecule has 1 aliphatic carbocycles. The van der Waals surface area contributed by atoms with E-state index in [9.17, 15) is 9.90 Å². The van der Waals surface area contributed by atoms with Crippen LogP contribution in [0.4, 0.5) is 11.4 Å². The molecule has 1 N–H and O–H groups in total. The van der Waals surface area contributed by atoms with Crippen molar-refractivity contribution in [3.05, 3.63) is 82.9 Å². The number of rotatable bonds is 7. The molecule has 182 valence electrons. The number of carbonyl (C=O) groups is 1. The predicted molar refractivity (Wildman–Crippen MR) is 145 cm³/mol. The van der Waals surface area contributed by atoms with Gasteiger partial charge in [0.25, 0.3) is 5.01 Å². The molecule has 2 atom stereocenters. The van der Waals surface area contributed by atoms with Crippen molar-refractivity contribution in [1.82, 2.24) is 0 Å². The first-order chi connectivity index (χ1) is 17.6. The van der Waals surface area contributed by atoms with Crippen LogP contribution in [0.15, 0.2) is 66.7 Å². The van der Waals surface area contributed by atoms with Gasteiger partial charge >= 0.3 is 5.97 Å². The Labute approximate surface area is 214 Å². The number of hydrogen-bond acceptors (Lipinski definition) is 4. The molecule has 5 nitrogen and oxygen atoms in total. The summed E-state index contributed by atoms with van der Waals surface area (Å²) in [5.41, 5.74) is 6.23. The van der Waals surface area contributed by atoms with E-state index >= 15 is 0 Å². The van der Waals surface area contributed by atoms with E-state index in [1.807, 2.05) is 24.3 Å². The molecular weight excluding hydrogens is 468 g/mol. The number of aromatic nitrogens is 1. The van der Waals surface area contributed by atoms with Crippen LogP contribution in [-0.2, 0) is 11.3 Å². The van der Waals surface area contributed by atoms with Crippen molar-refractivity contribution in [3.63, 3.8) is 0 Å². The van der Waals surface area contributed by atoms with Gasteiger partial charge in [0.05, 0.1) is 7.11 Å². The molecule has 36 heavy (non-hydrogen) atoms. The third kappa shape index (κ3) is 4.05. The van der Waals surface area contributed by atoms with E-state index in [0.717, 1.165) is 16.3 Å². The van der Waals surface area contributed by atoms with Gasteiger partial charge in [0.1, 0.15) is 16.9 Å². The van der Waals surface area contributed by atoms with Gasteiger partial charge in [-0.05, 0) is 72.5 Å². The van der Waals surface area contributed by atoms with Crippen molar-refractivity contribution in [3.8, 4) is 5.75 Å². The van der Waals surface area contributed by atoms with Crippen LogP contribution in [0.2, 0.25) is 0 Å². The van der Waals surface area contributed by atoms with Crippen molar-refractivity contribution in [2.45, 2.75) is 44.2 Å². The topological polar surface area (TPSA) is 53.7 Å². The fraction of sp³-hybridized carbons (Fsp3) is 0.267. The second-order valence-corrected chi connectivity index (χ2v) is 10.6. The first-order valence-electron chi connectivity index (χ1n) is 12.5. The summed E-state index contributed by atoms with van der Waals surface area (Å²) in [4.78, 5) is 13.8. The van der Waals surface area contributed by atoms with Crippen LogP contribution in [0.3, 0.4) is 0 Å². The Kier molecular flexibility index (Phi) is 5.97. The molecule has 2 heterocycles. The first kappa shape index (κ1) is 22.8. The lowest BCUT2D eigenvalue weighted by Gasteiger charge is -2.27. The van der Waals surface area contributed by atoms with E-state index in [0.29, 0.717) is 18.5 Å². The van der Waals surface area contributed by atoms with Gasteiger partial charge in [-0.3, -0.25) is 4.79 Å². The normalized spacial score (nSPS) is 18.6. The Morgan fingerprint density at radius 1 is 1.11 bits per heavy atom. The Hall–Kier alpha value is -3.64. The van der Waals surface area contributed by atoms with E-state index in [4.69, 9.17) is 4.74 Å². The molecule has 1 fully saturated rings. The minimum Gasteiger partial charge on any atom is -0.497 e. The second-order valence-electron chi connectivity index (χ2n) is 9.53. The van der Waals surface area contributed by atoms with Crippen LogP contribution < -0.4 is 14.2 Å². The number of methoxy groups -OCH3 is 1. The molecular formula is C30H29N2O3S+. The Morgan fingerprint density at radius 3 is 2.75 bits per heavy atom.